The number of carbonyl (C=O) groups is 1. The molecular formula is C18H17N3O3. The number of carbonyl (C=O) groups excluding carboxylic acids is 1. The summed E-state index contributed by atoms with van der Waals surface area (Å²) in [5.41, 5.74) is 4.83. The predicted molar refractivity (Wildman–Crippen MR) is 92.9 cm³/mol. The molecule has 0 spiro atoms. The second kappa shape index (κ2) is 6.87. The third-order valence-corrected chi connectivity index (χ3v) is 3.60. The Balaban J connectivity index is 1.75. The predicted octanol–water partition coefficient (Wildman–Crippen LogP) is 2.95. The molecule has 6 nitrogen and oxygen atoms in total. The van der Waals surface area contributed by atoms with Crippen LogP contribution in [-0.4, -0.2) is 31.3 Å². The van der Waals surface area contributed by atoms with Gasteiger partial charge in [0.2, 0.25) is 0 Å². The summed E-state index contributed by atoms with van der Waals surface area (Å²) in [5, 5.41) is 5.07. The van der Waals surface area contributed by atoms with Crippen LogP contribution in [0.5, 0.6) is 11.5 Å². The van der Waals surface area contributed by atoms with Crippen molar-refractivity contribution in [2.24, 2.45) is 5.10 Å². The highest BCUT2D eigenvalue weighted by Gasteiger charge is 2.09. The van der Waals surface area contributed by atoms with Crippen LogP contribution in [0.15, 0.2) is 53.8 Å². The zero-order chi connectivity index (χ0) is 16.9. The molecule has 0 saturated heterocycles. The number of aromatic nitrogens is 1. The van der Waals surface area contributed by atoms with Gasteiger partial charge in [-0.3, -0.25) is 4.79 Å². The topological polar surface area (TPSA) is 75.7 Å². The molecule has 0 atom stereocenters. The van der Waals surface area contributed by atoms with Crippen molar-refractivity contribution < 1.29 is 14.3 Å². The van der Waals surface area contributed by atoms with Gasteiger partial charge in [0.25, 0.3) is 5.91 Å². The van der Waals surface area contributed by atoms with Crippen LogP contribution in [-0.2, 0) is 0 Å². The van der Waals surface area contributed by atoms with E-state index in [2.05, 4.69) is 15.5 Å². The van der Waals surface area contributed by atoms with Gasteiger partial charge in [-0.1, -0.05) is 18.2 Å². The van der Waals surface area contributed by atoms with Gasteiger partial charge in [0.15, 0.2) is 0 Å². The van der Waals surface area contributed by atoms with E-state index in [4.69, 9.17) is 9.47 Å². The Morgan fingerprint density at radius 1 is 1.12 bits per heavy atom. The van der Waals surface area contributed by atoms with Gasteiger partial charge in [0, 0.05) is 34.3 Å². The van der Waals surface area contributed by atoms with Gasteiger partial charge >= 0.3 is 0 Å². The Morgan fingerprint density at radius 3 is 2.54 bits per heavy atom. The molecule has 0 aliphatic heterocycles. The number of para-hydroxylation sites is 1. The van der Waals surface area contributed by atoms with Crippen LogP contribution in [0.1, 0.15) is 15.9 Å². The molecule has 122 valence electrons. The molecule has 0 fully saturated rings. The molecule has 3 aromatic rings. The molecule has 0 bridgehead atoms. The van der Waals surface area contributed by atoms with Crippen molar-refractivity contribution in [1.29, 1.82) is 0 Å². The third-order valence-electron chi connectivity index (χ3n) is 3.60. The molecule has 2 N–H and O–H groups in total. The highest BCUT2D eigenvalue weighted by molar-refractivity contribution is 6.00. The number of amides is 1. The highest BCUT2D eigenvalue weighted by Crippen LogP contribution is 2.22. The number of fused-ring (bicyclic) bond motifs is 1. The molecule has 1 heterocycles. The molecule has 24 heavy (non-hydrogen) atoms. The van der Waals surface area contributed by atoms with Gasteiger partial charge in [-0.2, -0.15) is 5.10 Å². The largest absolute Gasteiger partial charge is 0.497 e. The maximum Gasteiger partial charge on any atom is 0.271 e. The average Bonchev–Trinajstić information content (AvgIpc) is 3.04. The molecule has 0 saturated carbocycles. The van der Waals surface area contributed by atoms with Crippen LogP contribution in [0, 0.1) is 0 Å². The van der Waals surface area contributed by atoms with Gasteiger partial charge in [0.05, 0.1) is 20.4 Å². The number of methoxy groups -OCH3 is 2. The first kappa shape index (κ1) is 15.6. The van der Waals surface area contributed by atoms with Crippen molar-refractivity contribution in [2.45, 2.75) is 0 Å². The molecule has 1 amide bonds. The van der Waals surface area contributed by atoms with Gasteiger partial charge in [-0.15, -0.1) is 0 Å². The SMILES string of the molecule is COc1cc(OC)cc(C(=O)N/N=C/c2c[nH]c3ccccc23)c1. The van der Waals surface area contributed by atoms with Crippen LogP contribution in [0.25, 0.3) is 10.9 Å². The minimum Gasteiger partial charge on any atom is -0.497 e. The molecule has 2 aromatic carbocycles. The van der Waals surface area contributed by atoms with Gasteiger partial charge in [-0.05, 0) is 18.2 Å². The van der Waals surface area contributed by atoms with Crippen molar-refractivity contribution in [1.82, 2.24) is 10.4 Å². The lowest BCUT2D eigenvalue weighted by molar-refractivity contribution is 0.0954. The second-order valence-electron chi connectivity index (χ2n) is 5.09. The minimum atomic E-state index is -0.344. The van der Waals surface area contributed by atoms with Crippen LogP contribution < -0.4 is 14.9 Å². The zero-order valence-electron chi connectivity index (χ0n) is 13.4. The Labute approximate surface area is 139 Å². The molecular weight excluding hydrogens is 306 g/mol. The highest BCUT2D eigenvalue weighted by atomic mass is 16.5. The third kappa shape index (κ3) is 3.22. The van der Waals surface area contributed by atoms with Gasteiger partial charge < -0.3 is 14.5 Å². The Morgan fingerprint density at radius 2 is 1.83 bits per heavy atom. The van der Waals surface area contributed by atoms with E-state index in [1.807, 2.05) is 30.5 Å². The fourth-order valence-corrected chi connectivity index (χ4v) is 2.36. The number of hydrogen-bond donors (Lipinski definition) is 2. The summed E-state index contributed by atoms with van der Waals surface area (Å²) in [5.74, 6) is 0.739. The number of H-pyrrole nitrogens is 1. The lowest BCUT2D eigenvalue weighted by Gasteiger charge is -2.07. The van der Waals surface area contributed by atoms with E-state index in [9.17, 15) is 4.79 Å². The van der Waals surface area contributed by atoms with E-state index in [-0.39, 0.29) is 5.91 Å². The Hall–Kier alpha value is -3.28. The van der Waals surface area contributed by atoms with Crippen molar-refractivity contribution in [3.63, 3.8) is 0 Å². The van der Waals surface area contributed by atoms with Crippen LogP contribution >= 0.6 is 0 Å². The molecule has 6 heteroatoms. The smallest absolute Gasteiger partial charge is 0.271 e. The molecule has 0 aliphatic rings. The number of nitrogens with zero attached hydrogens (tertiary/aromatic N) is 1. The number of rotatable bonds is 5. The van der Waals surface area contributed by atoms with E-state index < -0.39 is 0 Å². The normalized spacial score (nSPS) is 10.9. The second-order valence-corrected chi connectivity index (χ2v) is 5.09. The summed E-state index contributed by atoms with van der Waals surface area (Å²) in [6.07, 6.45) is 3.45. The van der Waals surface area contributed by atoms with Crippen LogP contribution in [0.3, 0.4) is 0 Å². The summed E-state index contributed by atoms with van der Waals surface area (Å²) >= 11 is 0. The number of aromatic amines is 1. The minimum absolute atomic E-state index is 0.344. The molecule has 0 aliphatic carbocycles. The van der Waals surface area contributed by atoms with Gasteiger partial charge in [0.1, 0.15) is 11.5 Å². The first-order valence-corrected chi connectivity index (χ1v) is 7.34. The molecule has 3 rings (SSSR count). The maximum absolute atomic E-state index is 12.2. The van der Waals surface area contributed by atoms with E-state index in [1.165, 1.54) is 14.2 Å². The fourth-order valence-electron chi connectivity index (χ4n) is 2.36. The molecule has 1 aromatic heterocycles. The first-order valence-electron chi connectivity index (χ1n) is 7.34. The van der Waals surface area contributed by atoms with Crippen molar-refractivity contribution in [3.8, 4) is 11.5 Å². The lowest BCUT2D eigenvalue weighted by Crippen LogP contribution is -2.17. The monoisotopic (exact) mass is 323 g/mol. The molecule has 0 radical (unpaired) electrons. The summed E-state index contributed by atoms with van der Waals surface area (Å²) in [7, 11) is 3.07. The summed E-state index contributed by atoms with van der Waals surface area (Å²) in [6.45, 7) is 0. The average molecular weight is 323 g/mol. The number of nitrogens with one attached hydrogen (secondary N) is 2. The van der Waals surface area contributed by atoms with Gasteiger partial charge in [-0.25, -0.2) is 5.43 Å². The standard InChI is InChI=1S/C18H17N3O3/c1-23-14-7-12(8-15(9-14)24-2)18(22)21-20-11-13-10-19-17-6-4-3-5-16(13)17/h3-11,19H,1-2H3,(H,21,22)/b20-11+. The summed E-state index contributed by atoms with van der Waals surface area (Å²) in [4.78, 5) is 15.4. The van der Waals surface area contributed by atoms with E-state index in [0.29, 0.717) is 17.1 Å². The number of benzene rings is 2. The Kier molecular flexibility index (Phi) is 4.47. The van der Waals surface area contributed by atoms with Crippen molar-refractivity contribution in [3.05, 3.63) is 59.8 Å². The van der Waals surface area contributed by atoms with E-state index in [0.717, 1.165) is 16.5 Å². The quantitative estimate of drug-likeness (QED) is 0.560. The lowest BCUT2D eigenvalue weighted by atomic mass is 10.2. The van der Waals surface area contributed by atoms with E-state index in [1.54, 1.807) is 24.4 Å². The van der Waals surface area contributed by atoms with Crippen molar-refractivity contribution >= 4 is 23.0 Å². The maximum atomic E-state index is 12.2. The first-order chi connectivity index (χ1) is 11.7. The number of hydrogen-bond acceptors (Lipinski definition) is 4. The Bertz CT molecular complexity index is 877. The summed E-state index contributed by atoms with van der Waals surface area (Å²) in [6, 6.07) is 12.8. The number of hydrazone groups is 1. The van der Waals surface area contributed by atoms with Crippen molar-refractivity contribution in [2.75, 3.05) is 14.2 Å². The summed E-state index contributed by atoms with van der Waals surface area (Å²) < 4.78 is 10.3. The number of ether oxygens (including phenoxy) is 2. The van der Waals surface area contributed by atoms with Crippen LogP contribution in [0.2, 0.25) is 0 Å². The zero-order valence-corrected chi connectivity index (χ0v) is 13.4. The fraction of sp³-hybridized carbons (Fsp3) is 0.111. The van der Waals surface area contributed by atoms with Crippen LogP contribution in [0.4, 0.5) is 0 Å². The van der Waals surface area contributed by atoms with E-state index >= 15 is 0 Å². The molecule has 0 unspecified atom stereocenters.